The van der Waals surface area contributed by atoms with Crippen LogP contribution >= 0.6 is 0 Å². The van der Waals surface area contributed by atoms with Crippen LogP contribution in [0.5, 0.6) is 0 Å². The number of imide groups is 1. The van der Waals surface area contributed by atoms with Crippen molar-refractivity contribution < 1.29 is 23.3 Å². The zero-order chi connectivity index (χ0) is 44.7. The summed E-state index contributed by atoms with van der Waals surface area (Å²) in [5, 5.41) is 9.80. The molecule has 0 spiro atoms. The molecule has 3 saturated heterocycles. The summed E-state index contributed by atoms with van der Waals surface area (Å²) in [4.78, 5) is 67.1. The van der Waals surface area contributed by atoms with Crippen molar-refractivity contribution in [3.8, 4) is 22.5 Å². The number of aromatic amines is 1. The summed E-state index contributed by atoms with van der Waals surface area (Å²) in [6, 6.07) is 18.3. The molecule has 7 heterocycles. The second kappa shape index (κ2) is 17.4. The smallest absolute Gasteiger partial charge is 0.328 e. The van der Waals surface area contributed by atoms with Crippen LogP contribution in [-0.4, -0.2) is 105 Å². The van der Waals surface area contributed by atoms with Gasteiger partial charge in [-0.15, -0.1) is 0 Å². The molecule has 2 aromatic carbocycles. The minimum absolute atomic E-state index is 0.173. The molecule has 3 aliphatic heterocycles. The summed E-state index contributed by atoms with van der Waals surface area (Å²) < 4.78 is 20.8. The van der Waals surface area contributed by atoms with Crippen molar-refractivity contribution in [2.75, 3.05) is 60.5 Å². The van der Waals surface area contributed by atoms with Crippen LogP contribution in [0.3, 0.4) is 0 Å². The highest BCUT2D eigenvalue weighted by atomic mass is 19.1. The minimum Gasteiger partial charge on any atom is -0.372 e. The van der Waals surface area contributed by atoms with Crippen molar-refractivity contribution in [3.05, 3.63) is 96.3 Å². The Morgan fingerprint density at radius 2 is 1.70 bits per heavy atom. The maximum absolute atomic E-state index is 15.7. The van der Waals surface area contributed by atoms with Gasteiger partial charge in [-0.1, -0.05) is 38.1 Å². The average molecular weight is 869 g/mol. The van der Waals surface area contributed by atoms with Crippen LogP contribution in [0, 0.1) is 11.7 Å². The summed E-state index contributed by atoms with van der Waals surface area (Å²) in [7, 11) is 0. The molecule has 0 saturated carbocycles. The SMILES string of the molecule is C[C@@H]1CN(CC2CCN(c3ccc(N4CCC(=O)NC4=O)cc3)CC2)CCN1c1ccc(-c2cc3c(-c4ccc([C@@H](C)NC(=O)c5nc(C(C)(C)C)no5)c(F)c4)ncnc3[nH]2)cn1. The Labute approximate surface area is 370 Å². The number of carbonyl (C=O) groups excluding carboxylic acids is 3. The fourth-order valence-corrected chi connectivity index (χ4v) is 8.95. The van der Waals surface area contributed by atoms with Gasteiger partial charge in [0.1, 0.15) is 23.6 Å². The largest absolute Gasteiger partial charge is 0.372 e. The molecule has 0 radical (unpaired) electrons. The maximum Gasteiger partial charge on any atom is 0.328 e. The van der Waals surface area contributed by atoms with E-state index in [4.69, 9.17) is 9.51 Å². The van der Waals surface area contributed by atoms with Crippen LogP contribution < -0.4 is 25.3 Å². The monoisotopic (exact) mass is 868 g/mol. The molecule has 2 atom stereocenters. The van der Waals surface area contributed by atoms with Gasteiger partial charge in [0.2, 0.25) is 5.91 Å². The summed E-state index contributed by atoms with van der Waals surface area (Å²) in [5.74, 6) is 0.517. The van der Waals surface area contributed by atoms with Gasteiger partial charge in [-0.2, -0.15) is 4.98 Å². The topological polar surface area (TPSA) is 182 Å². The number of rotatable bonds is 10. The van der Waals surface area contributed by atoms with E-state index in [1.54, 1.807) is 24.0 Å². The molecule has 4 amide bonds. The van der Waals surface area contributed by atoms with Crippen LogP contribution in [0.1, 0.15) is 82.0 Å². The van der Waals surface area contributed by atoms with E-state index in [1.807, 2.05) is 45.2 Å². The number of hydrogen-bond donors (Lipinski definition) is 3. The third-order valence-electron chi connectivity index (χ3n) is 12.6. The number of H-pyrrole nitrogens is 1. The van der Waals surface area contributed by atoms with Gasteiger partial charge in [0.25, 0.3) is 0 Å². The molecular formula is C47H53FN12O4. The molecule has 16 nitrogen and oxygen atoms in total. The molecule has 0 bridgehead atoms. The molecule has 3 fully saturated rings. The highest BCUT2D eigenvalue weighted by Gasteiger charge is 2.30. The molecule has 3 N–H and O–H groups in total. The number of fused-ring (bicyclic) bond motifs is 1. The van der Waals surface area contributed by atoms with Crippen molar-refractivity contribution in [3.63, 3.8) is 0 Å². The Kier molecular flexibility index (Phi) is 11.6. The first-order chi connectivity index (χ1) is 30.8. The van der Waals surface area contributed by atoms with Gasteiger partial charge in [0, 0.05) is 109 Å². The normalized spacial score (nSPS) is 18.4. The van der Waals surface area contributed by atoms with Gasteiger partial charge < -0.3 is 24.6 Å². The van der Waals surface area contributed by atoms with Gasteiger partial charge in [-0.05, 0) is 81.1 Å². The Balaban J connectivity index is 0.782. The summed E-state index contributed by atoms with van der Waals surface area (Å²) in [6.45, 7) is 16.0. The van der Waals surface area contributed by atoms with E-state index < -0.39 is 17.8 Å². The van der Waals surface area contributed by atoms with Gasteiger partial charge in [-0.25, -0.2) is 24.1 Å². The first-order valence-electron chi connectivity index (χ1n) is 22.0. The molecule has 64 heavy (non-hydrogen) atoms. The zero-order valence-electron chi connectivity index (χ0n) is 36.8. The van der Waals surface area contributed by atoms with Crippen LogP contribution in [-0.2, 0) is 10.2 Å². The number of benzene rings is 2. The molecule has 3 aliphatic rings. The second-order valence-corrected chi connectivity index (χ2v) is 18.2. The van der Waals surface area contributed by atoms with Crippen molar-refractivity contribution in [2.24, 2.45) is 5.92 Å². The molecule has 4 aromatic heterocycles. The van der Waals surface area contributed by atoms with Crippen LogP contribution in [0.2, 0.25) is 0 Å². The first kappa shape index (κ1) is 42.5. The number of amides is 4. The molecule has 0 aliphatic carbocycles. The summed E-state index contributed by atoms with van der Waals surface area (Å²) in [6.07, 6.45) is 5.90. The second-order valence-electron chi connectivity index (χ2n) is 18.2. The predicted molar refractivity (Wildman–Crippen MR) is 242 cm³/mol. The number of pyridine rings is 1. The van der Waals surface area contributed by atoms with E-state index in [2.05, 4.69) is 81.6 Å². The van der Waals surface area contributed by atoms with Crippen LogP contribution in [0.4, 0.5) is 26.4 Å². The van der Waals surface area contributed by atoms with E-state index in [9.17, 15) is 14.4 Å². The maximum atomic E-state index is 15.7. The number of hydrogen-bond acceptors (Lipinski definition) is 12. The van der Waals surface area contributed by atoms with Crippen LogP contribution in [0.15, 0.2) is 77.7 Å². The number of nitrogens with one attached hydrogen (secondary N) is 3. The van der Waals surface area contributed by atoms with Crippen molar-refractivity contribution >= 4 is 46.1 Å². The highest BCUT2D eigenvalue weighted by molar-refractivity contribution is 6.05. The van der Waals surface area contributed by atoms with E-state index in [1.165, 1.54) is 12.4 Å². The molecular weight excluding hydrogens is 816 g/mol. The van der Waals surface area contributed by atoms with Gasteiger partial charge in [-0.3, -0.25) is 24.7 Å². The summed E-state index contributed by atoms with van der Waals surface area (Å²) >= 11 is 0. The Hall–Kier alpha value is -6.75. The lowest BCUT2D eigenvalue weighted by Crippen LogP contribution is -2.53. The van der Waals surface area contributed by atoms with E-state index >= 15 is 4.39 Å². The number of nitrogens with zero attached hydrogens (tertiary/aromatic N) is 9. The number of anilines is 3. The molecule has 0 unspecified atom stereocenters. The Morgan fingerprint density at radius 3 is 2.39 bits per heavy atom. The zero-order valence-corrected chi connectivity index (χ0v) is 36.8. The lowest BCUT2D eigenvalue weighted by atomic mass is 9.95. The number of aromatic nitrogens is 6. The number of piperazine rings is 1. The van der Waals surface area contributed by atoms with Crippen molar-refractivity contribution in [2.45, 2.75) is 71.4 Å². The highest BCUT2D eigenvalue weighted by Crippen LogP contribution is 2.33. The van der Waals surface area contributed by atoms with Gasteiger partial charge >= 0.3 is 17.8 Å². The summed E-state index contributed by atoms with van der Waals surface area (Å²) in [5.41, 5.74) is 5.38. The van der Waals surface area contributed by atoms with Crippen LogP contribution in [0.25, 0.3) is 33.5 Å². The first-order valence-corrected chi connectivity index (χ1v) is 22.0. The number of urea groups is 1. The molecule has 332 valence electrons. The van der Waals surface area contributed by atoms with Crippen molar-refractivity contribution in [1.29, 1.82) is 0 Å². The average Bonchev–Trinajstić information content (AvgIpc) is 3.97. The lowest BCUT2D eigenvalue weighted by Gasteiger charge is -2.43. The number of piperidine rings is 1. The number of halogens is 1. The van der Waals surface area contributed by atoms with E-state index in [0.29, 0.717) is 53.2 Å². The van der Waals surface area contributed by atoms with E-state index in [-0.39, 0.29) is 23.2 Å². The quantitative estimate of drug-likeness (QED) is 0.130. The fraction of sp³-hybridized carbons (Fsp3) is 0.404. The number of carbonyl (C=O) groups is 3. The van der Waals surface area contributed by atoms with E-state index in [0.717, 1.165) is 85.9 Å². The Bertz CT molecular complexity index is 2670. The Morgan fingerprint density at radius 1 is 0.938 bits per heavy atom. The lowest BCUT2D eigenvalue weighted by molar-refractivity contribution is -0.120. The molecule has 9 rings (SSSR count). The third kappa shape index (κ3) is 8.89. The third-order valence-corrected chi connectivity index (χ3v) is 12.6. The van der Waals surface area contributed by atoms with Gasteiger partial charge in [0.05, 0.1) is 11.7 Å². The predicted octanol–water partition coefficient (Wildman–Crippen LogP) is 6.87. The van der Waals surface area contributed by atoms with Gasteiger partial charge in [0.15, 0.2) is 5.82 Å². The molecule has 17 heteroatoms. The van der Waals surface area contributed by atoms with Crippen molar-refractivity contribution in [1.82, 2.24) is 45.6 Å². The standard InChI is InChI=1S/C47H53FN12O4/c1-28-25-57(26-30-14-17-58(18-15-30)33-8-10-34(11-9-33)60-19-16-40(61)54-46(60)63)20-21-59(28)39-13-7-32(24-49-39)38-23-36-41(50-27-51-42(36)53-38)31-6-12-35(37(48)22-31)29(2)52-43(62)44-55-45(56-64-44)47(3,4)5/h6-13,22-24,27-30H,14-21,25-26H2,1-5H3,(H,52,62)(H,50,51,53)(H,54,61,63)/t28-,29-/m1/s1. The molecule has 6 aromatic rings. The fourth-order valence-electron chi connectivity index (χ4n) is 8.95. The minimum atomic E-state index is -0.667.